The highest BCUT2D eigenvalue weighted by atomic mass is 35.5. The lowest BCUT2D eigenvalue weighted by Crippen LogP contribution is -2.34. The lowest BCUT2D eigenvalue weighted by Gasteiger charge is -2.30. The smallest absolute Gasteiger partial charge is 0.222 e. The minimum Gasteiger partial charge on any atom is -0.491 e. The third kappa shape index (κ3) is 5.26. The molecule has 1 fully saturated rings. The Balaban J connectivity index is 1.28. The first kappa shape index (κ1) is 23.6. The van der Waals surface area contributed by atoms with E-state index >= 15 is 0 Å². The molecule has 8 nitrogen and oxygen atoms in total. The number of ether oxygens (including phenoxy) is 3. The van der Waals surface area contributed by atoms with Gasteiger partial charge in [-0.1, -0.05) is 29.3 Å². The molecule has 0 amide bonds. The van der Waals surface area contributed by atoms with Gasteiger partial charge in [-0.3, -0.25) is 0 Å². The molecule has 1 aliphatic heterocycles. The van der Waals surface area contributed by atoms with Crippen LogP contribution in [0.1, 0.15) is 5.56 Å². The summed E-state index contributed by atoms with van der Waals surface area (Å²) in [6.45, 7) is 1.04. The summed E-state index contributed by atoms with van der Waals surface area (Å²) in [6.07, 6.45) is 6.68. The van der Waals surface area contributed by atoms with Crippen LogP contribution < -0.4 is 10.1 Å². The lowest BCUT2D eigenvalue weighted by atomic mass is 10.1. The Morgan fingerprint density at radius 2 is 2.00 bits per heavy atom. The summed E-state index contributed by atoms with van der Waals surface area (Å²) < 4.78 is 20.5. The van der Waals surface area contributed by atoms with Gasteiger partial charge in [0.25, 0.3) is 0 Å². The molecule has 0 unspecified atom stereocenters. The summed E-state index contributed by atoms with van der Waals surface area (Å²) in [7, 11) is 1.79. The predicted molar refractivity (Wildman–Crippen MR) is 134 cm³/mol. The van der Waals surface area contributed by atoms with E-state index in [0.717, 1.165) is 17.0 Å². The molecule has 2 atom stereocenters. The number of imidazole rings is 1. The van der Waals surface area contributed by atoms with Gasteiger partial charge in [0.05, 0.1) is 30.2 Å². The van der Waals surface area contributed by atoms with Crippen molar-refractivity contribution in [2.45, 2.75) is 18.4 Å². The molecule has 2 aromatic carbocycles. The van der Waals surface area contributed by atoms with Crippen LogP contribution in [0, 0.1) is 0 Å². The Kier molecular flexibility index (Phi) is 6.88. The van der Waals surface area contributed by atoms with E-state index in [1.54, 1.807) is 37.9 Å². The van der Waals surface area contributed by atoms with E-state index in [1.807, 2.05) is 47.2 Å². The maximum atomic E-state index is 6.53. The SMILES string of the molecule is CNc1nccc(-c2ccc(OC[C@@H]3CO[C@@](Cn4ccnc4)(c4ccc(Cl)cc4Cl)O3)cc2)n1. The first-order valence-electron chi connectivity index (χ1n) is 11.0. The van der Waals surface area contributed by atoms with Crippen molar-refractivity contribution >= 4 is 29.2 Å². The van der Waals surface area contributed by atoms with Gasteiger partial charge in [0.1, 0.15) is 18.5 Å². The molecule has 2 aromatic heterocycles. The van der Waals surface area contributed by atoms with E-state index < -0.39 is 5.79 Å². The number of hydrogen-bond acceptors (Lipinski definition) is 7. The first-order chi connectivity index (χ1) is 17.0. The van der Waals surface area contributed by atoms with Crippen LogP contribution in [0.2, 0.25) is 10.0 Å². The van der Waals surface area contributed by atoms with Gasteiger partial charge in [-0.2, -0.15) is 0 Å². The van der Waals surface area contributed by atoms with Gasteiger partial charge in [-0.15, -0.1) is 0 Å². The largest absolute Gasteiger partial charge is 0.491 e. The average molecular weight is 512 g/mol. The van der Waals surface area contributed by atoms with Crippen LogP contribution in [0.25, 0.3) is 11.3 Å². The van der Waals surface area contributed by atoms with E-state index in [1.165, 1.54) is 0 Å². The van der Waals surface area contributed by atoms with Gasteiger partial charge in [-0.05, 0) is 42.5 Å². The number of benzene rings is 2. The summed E-state index contributed by atoms with van der Waals surface area (Å²) in [5.41, 5.74) is 2.50. The molecule has 4 aromatic rings. The molecule has 0 radical (unpaired) electrons. The van der Waals surface area contributed by atoms with Crippen LogP contribution in [0.3, 0.4) is 0 Å². The van der Waals surface area contributed by atoms with Crippen molar-refractivity contribution in [1.29, 1.82) is 0 Å². The Hall–Kier alpha value is -3.17. The average Bonchev–Trinajstić information content (AvgIpc) is 3.54. The van der Waals surface area contributed by atoms with Gasteiger partial charge < -0.3 is 24.1 Å². The van der Waals surface area contributed by atoms with Crippen LogP contribution in [0.4, 0.5) is 5.95 Å². The molecule has 10 heteroatoms. The van der Waals surface area contributed by atoms with Crippen LogP contribution in [0.15, 0.2) is 73.4 Å². The quantitative estimate of drug-likeness (QED) is 0.354. The first-order valence-corrected chi connectivity index (χ1v) is 11.8. The van der Waals surface area contributed by atoms with E-state index in [-0.39, 0.29) is 6.10 Å². The number of hydrogen-bond donors (Lipinski definition) is 1. The van der Waals surface area contributed by atoms with Crippen LogP contribution in [-0.2, 0) is 21.8 Å². The summed E-state index contributed by atoms with van der Waals surface area (Å²) in [6, 6.07) is 14.9. The van der Waals surface area contributed by atoms with Crippen molar-refractivity contribution in [2.24, 2.45) is 0 Å². The van der Waals surface area contributed by atoms with Crippen LogP contribution in [-0.4, -0.2) is 45.9 Å². The van der Waals surface area contributed by atoms with E-state index in [4.69, 9.17) is 37.4 Å². The summed E-state index contributed by atoms with van der Waals surface area (Å²) >= 11 is 12.6. The molecule has 3 heterocycles. The molecule has 0 aliphatic carbocycles. The number of nitrogens with zero attached hydrogens (tertiary/aromatic N) is 4. The predicted octanol–water partition coefficient (Wildman–Crippen LogP) is 5.04. The zero-order valence-electron chi connectivity index (χ0n) is 18.9. The minimum atomic E-state index is -1.09. The van der Waals surface area contributed by atoms with Crippen molar-refractivity contribution in [3.63, 3.8) is 0 Å². The number of rotatable bonds is 8. The monoisotopic (exact) mass is 511 g/mol. The molecule has 35 heavy (non-hydrogen) atoms. The van der Waals surface area contributed by atoms with Gasteiger partial charge in [0, 0.05) is 41.8 Å². The Labute approximate surface area is 212 Å². The van der Waals surface area contributed by atoms with Gasteiger partial charge in [0.15, 0.2) is 0 Å². The molecular weight excluding hydrogens is 489 g/mol. The van der Waals surface area contributed by atoms with Gasteiger partial charge >= 0.3 is 0 Å². The van der Waals surface area contributed by atoms with Crippen molar-refractivity contribution in [3.05, 3.63) is 89.1 Å². The molecule has 1 N–H and O–H groups in total. The second kappa shape index (κ2) is 10.2. The molecule has 1 saturated heterocycles. The summed E-state index contributed by atoms with van der Waals surface area (Å²) in [4.78, 5) is 12.7. The fourth-order valence-electron chi connectivity index (χ4n) is 3.93. The van der Waals surface area contributed by atoms with E-state index in [0.29, 0.717) is 41.3 Å². The third-order valence-electron chi connectivity index (χ3n) is 5.62. The topological polar surface area (TPSA) is 83.3 Å². The Morgan fingerprint density at radius 1 is 1.14 bits per heavy atom. The maximum Gasteiger partial charge on any atom is 0.222 e. The molecule has 0 bridgehead atoms. The normalized spacial score (nSPS) is 19.6. The fourth-order valence-corrected chi connectivity index (χ4v) is 4.48. The zero-order valence-corrected chi connectivity index (χ0v) is 20.4. The van der Waals surface area contributed by atoms with Crippen LogP contribution in [0.5, 0.6) is 5.75 Å². The lowest BCUT2D eigenvalue weighted by molar-refractivity contribution is -0.189. The number of anilines is 1. The molecule has 0 saturated carbocycles. The van der Waals surface area contributed by atoms with Crippen LogP contribution >= 0.6 is 23.2 Å². The molecule has 0 spiro atoms. The van der Waals surface area contributed by atoms with Crippen molar-refractivity contribution < 1.29 is 14.2 Å². The standard InChI is InChI=1S/C25H23Cl2N5O3/c1-28-24-30-9-8-23(31-24)17-2-5-19(6-3-17)33-13-20-14-34-25(35-20,15-32-11-10-29-16-32)21-7-4-18(26)12-22(21)27/h2-12,16,20H,13-15H2,1H3,(H,28,30,31)/t20-,25-/m1/s1. The Morgan fingerprint density at radius 3 is 2.74 bits per heavy atom. The molecule has 180 valence electrons. The highest BCUT2D eigenvalue weighted by Gasteiger charge is 2.45. The summed E-state index contributed by atoms with van der Waals surface area (Å²) in [5, 5.41) is 3.96. The number of halogens is 2. The Bertz CT molecular complexity index is 1290. The van der Waals surface area contributed by atoms with Gasteiger partial charge in [0.2, 0.25) is 11.7 Å². The van der Waals surface area contributed by atoms with Gasteiger partial charge in [-0.25, -0.2) is 15.0 Å². The third-order valence-corrected chi connectivity index (χ3v) is 6.16. The second-order valence-electron chi connectivity index (χ2n) is 8.01. The zero-order chi connectivity index (χ0) is 24.3. The van der Waals surface area contributed by atoms with E-state index in [2.05, 4.69) is 20.3 Å². The molecule has 1 aliphatic rings. The number of nitrogens with one attached hydrogen (secondary N) is 1. The highest BCUT2D eigenvalue weighted by Crippen LogP contribution is 2.40. The highest BCUT2D eigenvalue weighted by molar-refractivity contribution is 6.35. The second-order valence-corrected chi connectivity index (χ2v) is 8.86. The van der Waals surface area contributed by atoms with E-state index in [9.17, 15) is 0 Å². The van der Waals surface area contributed by atoms with Crippen molar-refractivity contribution in [3.8, 4) is 17.0 Å². The fraction of sp³-hybridized carbons (Fsp3) is 0.240. The molecular formula is C25H23Cl2N5O3. The molecule has 5 rings (SSSR count). The summed E-state index contributed by atoms with van der Waals surface area (Å²) in [5.74, 6) is 0.205. The maximum absolute atomic E-state index is 6.53. The minimum absolute atomic E-state index is 0.301. The van der Waals surface area contributed by atoms with Crippen molar-refractivity contribution in [1.82, 2.24) is 19.5 Å². The van der Waals surface area contributed by atoms with Crippen molar-refractivity contribution in [2.75, 3.05) is 25.6 Å². The number of aromatic nitrogens is 4.